The highest BCUT2D eigenvalue weighted by molar-refractivity contribution is 7.89. The highest BCUT2D eigenvalue weighted by atomic mass is 32.2. The number of aliphatic hydroxyl groups is 1. The molecule has 0 saturated carbocycles. The molecule has 0 rings (SSSR count). The second-order valence-corrected chi connectivity index (χ2v) is 6.87. The first-order valence-corrected chi connectivity index (χ1v) is 6.35. The van der Waals surface area contributed by atoms with Crippen molar-refractivity contribution in [3.05, 3.63) is 0 Å². The first-order valence-electron chi connectivity index (χ1n) is 4.74. The second kappa shape index (κ2) is 5.09. The van der Waals surface area contributed by atoms with Crippen LogP contribution in [-0.2, 0) is 10.0 Å². The van der Waals surface area contributed by atoms with Crippen LogP contribution in [0.3, 0.4) is 0 Å². The molecule has 0 aliphatic carbocycles. The number of hydrogen-bond donors (Lipinski definition) is 1. The van der Waals surface area contributed by atoms with Crippen LogP contribution in [0.15, 0.2) is 0 Å². The van der Waals surface area contributed by atoms with Crippen LogP contribution in [0.5, 0.6) is 0 Å². The molecule has 5 heteroatoms. The zero-order valence-corrected chi connectivity index (χ0v) is 10.3. The van der Waals surface area contributed by atoms with Crippen molar-refractivity contribution in [2.24, 2.45) is 5.41 Å². The fourth-order valence-electron chi connectivity index (χ4n) is 0.871. The molecule has 0 aliphatic heterocycles. The summed E-state index contributed by atoms with van der Waals surface area (Å²) >= 11 is 0. The largest absolute Gasteiger partial charge is 0.395 e. The van der Waals surface area contributed by atoms with E-state index in [0.717, 1.165) is 0 Å². The third-order valence-electron chi connectivity index (χ3n) is 2.00. The molecule has 0 fully saturated rings. The highest BCUT2D eigenvalue weighted by Crippen LogP contribution is 2.19. The van der Waals surface area contributed by atoms with Gasteiger partial charge in [0.05, 0.1) is 12.4 Å². The summed E-state index contributed by atoms with van der Waals surface area (Å²) < 4.78 is 24.4. The van der Waals surface area contributed by atoms with Crippen LogP contribution < -0.4 is 0 Å². The lowest BCUT2D eigenvalue weighted by Gasteiger charge is -2.21. The first-order chi connectivity index (χ1) is 6.19. The van der Waals surface area contributed by atoms with E-state index in [2.05, 4.69) is 0 Å². The summed E-state index contributed by atoms with van der Waals surface area (Å²) in [6.45, 7) is 6.06. The van der Waals surface area contributed by atoms with Crippen molar-refractivity contribution in [3.63, 3.8) is 0 Å². The van der Waals surface area contributed by atoms with E-state index in [4.69, 9.17) is 5.11 Å². The zero-order chi connectivity index (χ0) is 11.4. The predicted octanol–water partition coefficient (Wildman–Crippen LogP) is 0.676. The average molecular weight is 223 g/mol. The first kappa shape index (κ1) is 13.9. The monoisotopic (exact) mass is 223 g/mol. The van der Waals surface area contributed by atoms with Gasteiger partial charge in [0.1, 0.15) is 0 Å². The number of aliphatic hydroxyl groups excluding tert-OH is 1. The molecule has 0 unspecified atom stereocenters. The Balaban J connectivity index is 4.22. The van der Waals surface area contributed by atoms with Gasteiger partial charge in [-0.15, -0.1) is 0 Å². The quantitative estimate of drug-likeness (QED) is 0.745. The SMILES string of the molecule is CN(CCO)S(=O)(=O)CCC(C)(C)C. The van der Waals surface area contributed by atoms with E-state index in [9.17, 15) is 8.42 Å². The van der Waals surface area contributed by atoms with Gasteiger partial charge in [-0.3, -0.25) is 0 Å². The van der Waals surface area contributed by atoms with E-state index in [1.54, 1.807) is 0 Å². The van der Waals surface area contributed by atoms with E-state index in [1.165, 1.54) is 11.4 Å². The number of hydrogen-bond acceptors (Lipinski definition) is 3. The van der Waals surface area contributed by atoms with Gasteiger partial charge < -0.3 is 5.11 Å². The van der Waals surface area contributed by atoms with Gasteiger partial charge in [-0.25, -0.2) is 12.7 Å². The molecule has 0 radical (unpaired) electrons. The molecule has 0 aromatic carbocycles. The molecule has 1 N–H and O–H groups in total. The molecule has 0 aromatic heterocycles. The fourth-order valence-corrected chi connectivity index (χ4v) is 2.41. The minimum absolute atomic E-state index is 0.0210. The Hall–Kier alpha value is -0.130. The smallest absolute Gasteiger partial charge is 0.213 e. The van der Waals surface area contributed by atoms with Crippen molar-refractivity contribution >= 4 is 10.0 Å². The van der Waals surface area contributed by atoms with E-state index < -0.39 is 10.0 Å². The zero-order valence-electron chi connectivity index (χ0n) is 9.45. The third kappa shape index (κ3) is 5.57. The Morgan fingerprint density at radius 3 is 2.14 bits per heavy atom. The van der Waals surface area contributed by atoms with E-state index in [1.807, 2.05) is 20.8 Å². The van der Waals surface area contributed by atoms with Crippen molar-refractivity contribution in [2.75, 3.05) is 26.0 Å². The molecule has 0 bridgehead atoms. The molecule has 0 aromatic rings. The van der Waals surface area contributed by atoms with Gasteiger partial charge in [-0.2, -0.15) is 0 Å². The standard InChI is InChI=1S/C9H21NO3S/c1-9(2,3)5-8-14(12,13)10(4)6-7-11/h11H,5-8H2,1-4H3. The van der Waals surface area contributed by atoms with Crippen LogP contribution >= 0.6 is 0 Å². The normalized spacial score (nSPS) is 13.6. The minimum atomic E-state index is -3.18. The van der Waals surface area contributed by atoms with E-state index in [-0.39, 0.29) is 24.3 Å². The lowest BCUT2D eigenvalue weighted by atomic mass is 9.94. The highest BCUT2D eigenvalue weighted by Gasteiger charge is 2.20. The molecular formula is C9H21NO3S. The maximum atomic E-state index is 11.6. The Morgan fingerprint density at radius 2 is 1.79 bits per heavy atom. The topological polar surface area (TPSA) is 57.6 Å². The average Bonchev–Trinajstić information content (AvgIpc) is 2.00. The van der Waals surface area contributed by atoms with Crippen molar-refractivity contribution in [3.8, 4) is 0 Å². The van der Waals surface area contributed by atoms with Gasteiger partial charge in [0.2, 0.25) is 10.0 Å². The second-order valence-electron chi connectivity index (χ2n) is 4.67. The Kier molecular flexibility index (Phi) is 5.05. The molecule has 0 spiro atoms. The molecule has 0 atom stereocenters. The van der Waals surface area contributed by atoms with Crippen LogP contribution in [0.1, 0.15) is 27.2 Å². The van der Waals surface area contributed by atoms with E-state index >= 15 is 0 Å². The van der Waals surface area contributed by atoms with Crippen LogP contribution in [0, 0.1) is 5.41 Å². The molecule has 0 heterocycles. The van der Waals surface area contributed by atoms with Gasteiger partial charge in [0.15, 0.2) is 0 Å². The van der Waals surface area contributed by atoms with Crippen molar-refractivity contribution in [1.29, 1.82) is 0 Å². The number of nitrogens with zero attached hydrogens (tertiary/aromatic N) is 1. The maximum Gasteiger partial charge on any atom is 0.213 e. The van der Waals surface area contributed by atoms with Crippen LogP contribution in [0.4, 0.5) is 0 Å². The molecular weight excluding hydrogens is 202 g/mol. The summed E-state index contributed by atoms with van der Waals surface area (Å²) in [5.41, 5.74) is 0.0210. The summed E-state index contributed by atoms with van der Waals surface area (Å²) in [5, 5.41) is 8.62. The van der Waals surface area contributed by atoms with Crippen molar-refractivity contribution in [2.45, 2.75) is 27.2 Å². The Labute approximate surface area is 87.0 Å². The van der Waals surface area contributed by atoms with Crippen molar-refractivity contribution < 1.29 is 13.5 Å². The fraction of sp³-hybridized carbons (Fsp3) is 1.00. The van der Waals surface area contributed by atoms with Crippen LogP contribution in [0.25, 0.3) is 0 Å². The summed E-state index contributed by atoms with van der Waals surface area (Å²) in [6, 6.07) is 0. The molecule has 14 heavy (non-hydrogen) atoms. The van der Waals surface area contributed by atoms with Gasteiger partial charge in [-0.1, -0.05) is 20.8 Å². The van der Waals surface area contributed by atoms with Crippen LogP contribution in [0.2, 0.25) is 0 Å². The molecule has 4 nitrogen and oxygen atoms in total. The molecule has 86 valence electrons. The summed E-state index contributed by atoms with van der Waals surface area (Å²) in [5.74, 6) is 0.146. The van der Waals surface area contributed by atoms with Gasteiger partial charge >= 0.3 is 0 Å². The van der Waals surface area contributed by atoms with Crippen LogP contribution in [-0.4, -0.2) is 43.8 Å². The van der Waals surface area contributed by atoms with Gasteiger partial charge in [0.25, 0.3) is 0 Å². The van der Waals surface area contributed by atoms with Gasteiger partial charge in [-0.05, 0) is 11.8 Å². The molecule has 0 amide bonds. The number of rotatable bonds is 5. The van der Waals surface area contributed by atoms with Gasteiger partial charge in [0, 0.05) is 13.6 Å². The summed E-state index contributed by atoms with van der Waals surface area (Å²) in [4.78, 5) is 0. The number of sulfonamides is 1. The molecule has 0 saturated heterocycles. The lowest BCUT2D eigenvalue weighted by Crippen LogP contribution is -2.32. The Bertz CT molecular complexity index is 254. The number of likely N-dealkylation sites (N-methyl/N-ethyl adjacent to an activating group) is 1. The Morgan fingerprint density at radius 1 is 1.29 bits per heavy atom. The lowest BCUT2D eigenvalue weighted by molar-refractivity contribution is 0.266. The van der Waals surface area contributed by atoms with Crippen molar-refractivity contribution in [1.82, 2.24) is 4.31 Å². The predicted molar refractivity (Wildman–Crippen MR) is 57.6 cm³/mol. The minimum Gasteiger partial charge on any atom is -0.395 e. The third-order valence-corrected chi connectivity index (χ3v) is 3.85. The summed E-state index contributed by atoms with van der Waals surface area (Å²) in [7, 11) is -1.69. The maximum absolute atomic E-state index is 11.6. The van der Waals surface area contributed by atoms with E-state index in [0.29, 0.717) is 6.42 Å². The molecule has 0 aliphatic rings. The summed E-state index contributed by atoms with van der Waals surface area (Å²) in [6.07, 6.45) is 0.630.